The molecule has 2 unspecified atom stereocenters. The van der Waals surface area contributed by atoms with E-state index in [4.69, 9.17) is 9.47 Å². The van der Waals surface area contributed by atoms with Gasteiger partial charge in [0.25, 0.3) is 0 Å². The molecule has 0 N–H and O–H groups in total. The van der Waals surface area contributed by atoms with E-state index in [-0.39, 0.29) is 0 Å². The Kier molecular flexibility index (Phi) is 8.52. The van der Waals surface area contributed by atoms with E-state index in [1.807, 2.05) is 0 Å². The number of ether oxygens (including phenoxy) is 2. The van der Waals surface area contributed by atoms with Crippen LogP contribution in [0.4, 0.5) is 0 Å². The summed E-state index contributed by atoms with van der Waals surface area (Å²) in [5.74, 6) is 3.93. The van der Waals surface area contributed by atoms with E-state index in [1.54, 1.807) is 0 Å². The van der Waals surface area contributed by atoms with Gasteiger partial charge in [0.1, 0.15) is 0 Å². The SMILES string of the molecule is CCCC1CCC(C2CCC(/C=C/C3CCC(OCC)CO3)CC2)CC1. The maximum absolute atomic E-state index is 5.97. The van der Waals surface area contributed by atoms with Gasteiger partial charge in [-0.05, 0) is 82.0 Å². The molecule has 0 aromatic heterocycles. The molecular weight excluding hydrogens is 320 g/mol. The average molecular weight is 363 g/mol. The summed E-state index contributed by atoms with van der Waals surface area (Å²) in [6.07, 6.45) is 22.4. The minimum atomic E-state index is 0.326. The van der Waals surface area contributed by atoms with Gasteiger partial charge < -0.3 is 9.47 Å². The van der Waals surface area contributed by atoms with Gasteiger partial charge in [0.2, 0.25) is 0 Å². The molecule has 2 aliphatic carbocycles. The first kappa shape index (κ1) is 20.4. The van der Waals surface area contributed by atoms with Crippen molar-refractivity contribution in [1.29, 1.82) is 0 Å². The minimum Gasteiger partial charge on any atom is -0.376 e. The Morgan fingerprint density at radius 1 is 0.808 bits per heavy atom. The van der Waals surface area contributed by atoms with Crippen LogP contribution in [0.3, 0.4) is 0 Å². The second kappa shape index (κ2) is 10.9. The van der Waals surface area contributed by atoms with Crippen molar-refractivity contribution in [2.24, 2.45) is 23.7 Å². The molecule has 1 heterocycles. The number of allylic oxidation sites excluding steroid dienone is 1. The summed E-state index contributed by atoms with van der Waals surface area (Å²) in [7, 11) is 0. The van der Waals surface area contributed by atoms with Gasteiger partial charge >= 0.3 is 0 Å². The molecule has 0 spiro atoms. The van der Waals surface area contributed by atoms with Crippen LogP contribution in [0, 0.1) is 23.7 Å². The predicted octanol–water partition coefficient (Wildman–Crippen LogP) is 6.54. The lowest BCUT2D eigenvalue weighted by Crippen LogP contribution is -2.30. The second-order valence-corrected chi connectivity index (χ2v) is 9.16. The summed E-state index contributed by atoms with van der Waals surface area (Å²) in [4.78, 5) is 0. The van der Waals surface area contributed by atoms with Crippen molar-refractivity contribution in [2.45, 2.75) is 103 Å². The van der Waals surface area contributed by atoms with E-state index < -0.39 is 0 Å². The van der Waals surface area contributed by atoms with Crippen LogP contribution in [0.25, 0.3) is 0 Å². The van der Waals surface area contributed by atoms with Crippen LogP contribution in [0.2, 0.25) is 0 Å². The topological polar surface area (TPSA) is 18.5 Å². The van der Waals surface area contributed by atoms with Gasteiger partial charge in [-0.2, -0.15) is 0 Å². The molecule has 1 aliphatic heterocycles. The third-order valence-corrected chi connectivity index (χ3v) is 7.34. The smallest absolute Gasteiger partial charge is 0.0809 e. The van der Waals surface area contributed by atoms with Crippen molar-refractivity contribution < 1.29 is 9.47 Å². The highest BCUT2D eigenvalue weighted by atomic mass is 16.5. The van der Waals surface area contributed by atoms with Gasteiger partial charge in [0.15, 0.2) is 0 Å². The van der Waals surface area contributed by atoms with E-state index in [1.165, 1.54) is 64.2 Å². The summed E-state index contributed by atoms with van der Waals surface area (Å²) in [5, 5.41) is 0. The summed E-state index contributed by atoms with van der Waals surface area (Å²) < 4.78 is 11.6. The highest BCUT2D eigenvalue weighted by molar-refractivity contribution is 4.97. The van der Waals surface area contributed by atoms with Crippen molar-refractivity contribution in [3.63, 3.8) is 0 Å². The van der Waals surface area contributed by atoms with Crippen molar-refractivity contribution in [3.8, 4) is 0 Å². The summed E-state index contributed by atoms with van der Waals surface area (Å²) in [6, 6.07) is 0. The van der Waals surface area contributed by atoms with Gasteiger partial charge in [-0.3, -0.25) is 0 Å². The zero-order chi connectivity index (χ0) is 18.2. The van der Waals surface area contributed by atoms with E-state index in [0.717, 1.165) is 49.7 Å². The van der Waals surface area contributed by atoms with Crippen molar-refractivity contribution in [2.75, 3.05) is 13.2 Å². The molecule has 2 atom stereocenters. The first-order chi connectivity index (χ1) is 12.8. The number of hydrogen-bond acceptors (Lipinski definition) is 2. The normalized spacial score (nSPS) is 39.3. The third-order valence-electron chi connectivity index (χ3n) is 7.34. The maximum atomic E-state index is 5.97. The predicted molar refractivity (Wildman–Crippen MR) is 109 cm³/mol. The minimum absolute atomic E-state index is 0.326. The Morgan fingerprint density at radius 2 is 1.50 bits per heavy atom. The summed E-state index contributed by atoms with van der Waals surface area (Å²) in [6.45, 7) is 5.99. The largest absolute Gasteiger partial charge is 0.376 e. The molecular formula is C24H42O2. The standard InChI is InChI=1S/C24H42O2/c1-3-5-19-6-11-21(12-7-19)22-13-8-20(9-14-22)10-15-23-16-17-24(18-26-23)25-4-2/h10,15,19-24H,3-9,11-14,16-18H2,1-2H3/b15-10+. The fourth-order valence-electron chi connectivity index (χ4n) is 5.71. The molecule has 1 saturated heterocycles. The lowest BCUT2D eigenvalue weighted by atomic mass is 9.68. The molecule has 150 valence electrons. The van der Waals surface area contributed by atoms with Crippen molar-refractivity contribution in [1.82, 2.24) is 0 Å². The first-order valence-electron chi connectivity index (χ1n) is 11.7. The Balaban J connectivity index is 1.33. The Morgan fingerprint density at radius 3 is 2.08 bits per heavy atom. The molecule has 26 heavy (non-hydrogen) atoms. The van der Waals surface area contributed by atoms with Gasteiger partial charge in [-0.15, -0.1) is 0 Å². The molecule has 2 saturated carbocycles. The average Bonchev–Trinajstić information content (AvgIpc) is 2.69. The fourth-order valence-corrected chi connectivity index (χ4v) is 5.71. The molecule has 3 fully saturated rings. The Labute approximate surface area is 162 Å². The second-order valence-electron chi connectivity index (χ2n) is 9.16. The molecule has 0 radical (unpaired) electrons. The maximum Gasteiger partial charge on any atom is 0.0809 e. The summed E-state index contributed by atoms with van der Waals surface area (Å²) in [5.41, 5.74) is 0. The third kappa shape index (κ3) is 6.09. The van der Waals surface area contributed by atoms with Crippen LogP contribution >= 0.6 is 0 Å². The molecule has 0 bridgehead atoms. The van der Waals surface area contributed by atoms with Crippen LogP contribution in [0.1, 0.15) is 90.9 Å². The van der Waals surface area contributed by atoms with Crippen LogP contribution in [0.15, 0.2) is 12.2 Å². The highest BCUT2D eigenvalue weighted by Crippen LogP contribution is 2.42. The fraction of sp³-hybridized carbons (Fsp3) is 0.917. The molecule has 2 nitrogen and oxygen atoms in total. The van der Waals surface area contributed by atoms with E-state index in [0.29, 0.717) is 12.2 Å². The molecule has 0 aromatic rings. The van der Waals surface area contributed by atoms with Crippen LogP contribution in [-0.4, -0.2) is 25.4 Å². The van der Waals surface area contributed by atoms with E-state index in [2.05, 4.69) is 26.0 Å². The lowest BCUT2D eigenvalue weighted by Gasteiger charge is -2.37. The van der Waals surface area contributed by atoms with Gasteiger partial charge in [-0.1, -0.05) is 44.8 Å². The number of hydrogen-bond donors (Lipinski definition) is 0. The molecule has 2 heteroatoms. The lowest BCUT2D eigenvalue weighted by molar-refractivity contribution is -0.0679. The van der Waals surface area contributed by atoms with Gasteiger partial charge in [0, 0.05) is 6.61 Å². The zero-order valence-corrected chi connectivity index (χ0v) is 17.3. The zero-order valence-electron chi connectivity index (χ0n) is 17.3. The van der Waals surface area contributed by atoms with Crippen molar-refractivity contribution >= 4 is 0 Å². The molecule has 0 aromatic carbocycles. The highest BCUT2D eigenvalue weighted by Gasteiger charge is 2.30. The molecule has 0 amide bonds. The molecule has 3 rings (SSSR count). The van der Waals surface area contributed by atoms with Crippen molar-refractivity contribution in [3.05, 3.63) is 12.2 Å². The molecule has 3 aliphatic rings. The first-order valence-corrected chi connectivity index (χ1v) is 11.7. The van der Waals surface area contributed by atoms with Gasteiger partial charge in [-0.25, -0.2) is 0 Å². The van der Waals surface area contributed by atoms with Crippen LogP contribution in [0.5, 0.6) is 0 Å². The van der Waals surface area contributed by atoms with Crippen LogP contribution < -0.4 is 0 Å². The van der Waals surface area contributed by atoms with E-state index in [9.17, 15) is 0 Å². The Bertz CT molecular complexity index is 394. The van der Waals surface area contributed by atoms with Crippen LogP contribution in [-0.2, 0) is 9.47 Å². The monoisotopic (exact) mass is 362 g/mol. The Hall–Kier alpha value is -0.340. The van der Waals surface area contributed by atoms with Gasteiger partial charge in [0.05, 0.1) is 18.8 Å². The quantitative estimate of drug-likeness (QED) is 0.479. The summed E-state index contributed by atoms with van der Waals surface area (Å²) >= 11 is 0. The number of rotatable bonds is 7. The van der Waals surface area contributed by atoms with E-state index >= 15 is 0 Å².